The normalized spacial score (nSPS) is 10.6. The first-order chi connectivity index (χ1) is 12.8. The van der Waals surface area contributed by atoms with Gasteiger partial charge in [-0.15, -0.1) is 0 Å². The minimum absolute atomic E-state index is 0.0752. The standard InChI is InChI=1S/C21H26N2O4/c1-6-7-11-23-15(4)14(3)12-17(21(23)26)20(25)22-19-13(2)9-8-10-18(19)27-16(5)24/h8-10,12H,6-7,11H2,1-5H3,(H,22,25). The summed E-state index contributed by atoms with van der Waals surface area (Å²) in [6.45, 7) is 9.48. The van der Waals surface area contributed by atoms with E-state index < -0.39 is 11.9 Å². The zero-order valence-corrected chi connectivity index (χ0v) is 16.5. The Morgan fingerprint density at radius 3 is 2.48 bits per heavy atom. The van der Waals surface area contributed by atoms with Gasteiger partial charge in [0, 0.05) is 19.2 Å². The number of unbranched alkanes of at least 4 members (excludes halogenated alkanes) is 1. The largest absolute Gasteiger partial charge is 0.424 e. The number of pyridine rings is 1. The lowest BCUT2D eigenvalue weighted by molar-refractivity contribution is -0.131. The summed E-state index contributed by atoms with van der Waals surface area (Å²) >= 11 is 0. The summed E-state index contributed by atoms with van der Waals surface area (Å²) in [6.07, 6.45) is 1.82. The van der Waals surface area contributed by atoms with Crippen LogP contribution in [0.25, 0.3) is 0 Å². The van der Waals surface area contributed by atoms with Crippen LogP contribution in [0.2, 0.25) is 0 Å². The molecule has 1 heterocycles. The van der Waals surface area contributed by atoms with Gasteiger partial charge in [-0.25, -0.2) is 0 Å². The number of rotatable bonds is 6. The van der Waals surface area contributed by atoms with E-state index in [1.54, 1.807) is 35.8 Å². The van der Waals surface area contributed by atoms with Crippen LogP contribution in [0, 0.1) is 20.8 Å². The van der Waals surface area contributed by atoms with Gasteiger partial charge in [-0.1, -0.05) is 25.5 Å². The second-order valence-electron chi connectivity index (χ2n) is 6.63. The molecule has 0 aliphatic heterocycles. The number of amides is 1. The molecule has 0 saturated carbocycles. The quantitative estimate of drug-likeness (QED) is 0.620. The molecule has 0 fully saturated rings. The van der Waals surface area contributed by atoms with Crippen molar-refractivity contribution < 1.29 is 14.3 Å². The molecule has 2 aromatic rings. The Hall–Kier alpha value is -2.89. The SMILES string of the molecule is CCCCn1c(C)c(C)cc(C(=O)Nc2c(C)cccc2OC(C)=O)c1=O. The van der Waals surface area contributed by atoms with E-state index in [1.807, 2.05) is 13.8 Å². The zero-order chi connectivity index (χ0) is 20.1. The Morgan fingerprint density at radius 2 is 1.85 bits per heavy atom. The number of esters is 1. The van der Waals surface area contributed by atoms with Crippen LogP contribution in [-0.2, 0) is 11.3 Å². The van der Waals surface area contributed by atoms with Crippen molar-refractivity contribution in [2.45, 2.75) is 54.0 Å². The van der Waals surface area contributed by atoms with Gasteiger partial charge in [0.15, 0.2) is 5.75 Å². The van der Waals surface area contributed by atoms with Crippen molar-refractivity contribution in [1.82, 2.24) is 4.57 Å². The number of para-hydroxylation sites is 1. The highest BCUT2D eigenvalue weighted by molar-refractivity contribution is 6.05. The second kappa shape index (κ2) is 8.66. The van der Waals surface area contributed by atoms with Crippen LogP contribution < -0.4 is 15.6 Å². The van der Waals surface area contributed by atoms with E-state index in [9.17, 15) is 14.4 Å². The predicted octanol–water partition coefficient (Wildman–Crippen LogP) is 3.75. The van der Waals surface area contributed by atoms with Crippen molar-refractivity contribution in [3.05, 3.63) is 57.0 Å². The van der Waals surface area contributed by atoms with E-state index >= 15 is 0 Å². The number of aromatic nitrogens is 1. The lowest BCUT2D eigenvalue weighted by atomic mass is 10.1. The Morgan fingerprint density at radius 1 is 1.15 bits per heavy atom. The minimum atomic E-state index is -0.518. The molecule has 0 saturated heterocycles. The molecule has 0 atom stereocenters. The summed E-state index contributed by atoms with van der Waals surface area (Å²) in [6, 6.07) is 6.74. The number of hydrogen-bond donors (Lipinski definition) is 1. The molecule has 0 spiro atoms. The summed E-state index contributed by atoms with van der Waals surface area (Å²) < 4.78 is 6.83. The number of nitrogens with zero attached hydrogens (tertiary/aromatic N) is 1. The third-order valence-corrected chi connectivity index (χ3v) is 4.52. The molecule has 27 heavy (non-hydrogen) atoms. The van der Waals surface area contributed by atoms with E-state index in [4.69, 9.17) is 4.74 Å². The fourth-order valence-electron chi connectivity index (χ4n) is 2.86. The number of carbonyl (C=O) groups excluding carboxylic acids is 2. The van der Waals surface area contributed by atoms with E-state index in [-0.39, 0.29) is 16.9 Å². The van der Waals surface area contributed by atoms with Crippen molar-refractivity contribution in [3.8, 4) is 5.75 Å². The Balaban J connectivity index is 2.44. The number of ether oxygens (including phenoxy) is 1. The molecular formula is C21H26N2O4. The first-order valence-corrected chi connectivity index (χ1v) is 9.06. The van der Waals surface area contributed by atoms with E-state index in [0.717, 1.165) is 29.7 Å². The number of anilines is 1. The molecule has 0 bridgehead atoms. The molecule has 0 aliphatic carbocycles. The first-order valence-electron chi connectivity index (χ1n) is 9.06. The molecule has 144 valence electrons. The maximum atomic E-state index is 12.8. The molecule has 1 aromatic heterocycles. The lowest BCUT2D eigenvalue weighted by Gasteiger charge is -2.16. The van der Waals surface area contributed by atoms with E-state index in [2.05, 4.69) is 12.2 Å². The van der Waals surface area contributed by atoms with Gasteiger partial charge in [0.05, 0.1) is 5.69 Å². The van der Waals surface area contributed by atoms with Crippen LogP contribution in [0.4, 0.5) is 5.69 Å². The Bertz CT molecular complexity index is 929. The molecule has 0 aliphatic rings. The van der Waals surface area contributed by atoms with Gasteiger partial charge < -0.3 is 14.6 Å². The number of benzene rings is 1. The third-order valence-electron chi connectivity index (χ3n) is 4.52. The Kier molecular flexibility index (Phi) is 6.55. The van der Waals surface area contributed by atoms with Crippen LogP contribution in [0.1, 0.15) is 53.9 Å². The van der Waals surface area contributed by atoms with Crippen LogP contribution >= 0.6 is 0 Å². The summed E-state index contributed by atoms with van der Waals surface area (Å²) in [5.41, 5.74) is 2.62. The smallest absolute Gasteiger partial charge is 0.308 e. The summed E-state index contributed by atoms with van der Waals surface area (Å²) in [4.78, 5) is 37.0. The average Bonchev–Trinajstić information content (AvgIpc) is 2.60. The van der Waals surface area contributed by atoms with Gasteiger partial charge in [-0.3, -0.25) is 14.4 Å². The fourth-order valence-corrected chi connectivity index (χ4v) is 2.86. The van der Waals surface area contributed by atoms with Crippen molar-refractivity contribution >= 4 is 17.6 Å². The monoisotopic (exact) mass is 370 g/mol. The van der Waals surface area contributed by atoms with Gasteiger partial charge in [0.1, 0.15) is 5.56 Å². The number of carbonyl (C=O) groups is 2. The molecule has 6 nitrogen and oxygen atoms in total. The molecule has 0 unspecified atom stereocenters. The van der Waals surface area contributed by atoms with Crippen LogP contribution in [0.3, 0.4) is 0 Å². The van der Waals surface area contributed by atoms with E-state index in [0.29, 0.717) is 12.2 Å². The highest BCUT2D eigenvalue weighted by atomic mass is 16.5. The van der Waals surface area contributed by atoms with Crippen molar-refractivity contribution in [2.24, 2.45) is 0 Å². The van der Waals surface area contributed by atoms with Crippen molar-refractivity contribution in [1.29, 1.82) is 0 Å². The first kappa shape index (κ1) is 20.4. The van der Waals surface area contributed by atoms with Gasteiger partial charge in [-0.05, 0) is 50.5 Å². The van der Waals surface area contributed by atoms with Gasteiger partial charge >= 0.3 is 5.97 Å². The van der Waals surface area contributed by atoms with Gasteiger partial charge in [0.25, 0.3) is 11.5 Å². The number of nitrogens with one attached hydrogen (secondary N) is 1. The molecule has 1 N–H and O–H groups in total. The summed E-state index contributed by atoms with van der Waals surface area (Å²) in [5, 5.41) is 2.74. The summed E-state index contributed by atoms with van der Waals surface area (Å²) in [5.74, 6) is -0.744. The van der Waals surface area contributed by atoms with Crippen molar-refractivity contribution in [3.63, 3.8) is 0 Å². The highest BCUT2D eigenvalue weighted by Crippen LogP contribution is 2.28. The van der Waals surface area contributed by atoms with Crippen molar-refractivity contribution in [2.75, 3.05) is 5.32 Å². The number of aryl methyl sites for hydroxylation is 2. The highest BCUT2D eigenvalue weighted by Gasteiger charge is 2.19. The van der Waals surface area contributed by atoms with Gasteiger partial charge in [-0.2, -0.15) is 0 Å². The van der Waals surface area contributed by atoms with Crippen LogP contribution in [0.15, 0.2) is 29.1 Å². The fraction of sp³-hybridized carbons (Fsp3) is 0.381. The predicted molar refractivity (Wildman–Crippen MR) is 106 cm³/mol. The van der Waals surface area contributed by atoms with Crippen LogP contribution in [0.5, 0.6) is 5.75 Å². The third kappa shape index (κ3) is 4.64. The zero-order valence-electron chi connectivity index (χ0n) is 16.5. The molecule has 1 aromatic carbocycles. The maximum absolute atomic E-state index is 12.8. The molecule has 6 heteroatoms. The number of hydrogen-bond acceptors (Lipinski definition) is 4. The average molecular weight is 370 g/mol. The van der Waals surface area contributed by atoms with Crippen LogP contribution in [-0.4, -0.2) is 16.4 Å². The molecule has 2 rings (SSSR count). The van der Waals surface area contributed by atoms with Gasteiger partial charge in [0.2, 0.25) is 0 Å². The topological polar surface area (TPSA) is 77.4 Å². The molecule has 0 radical (unpaired) electrons. The second-order valence-corrected chi connectivity index (χ2v) is 6.63. The molecule has 1 amide bonds. The minimum Gasteiger partial charge on any atom is -0.424 e. The lowest BCUT2D eigenvalue weighted by Crippen LogP contribution is -2.31. The molecular weight excluding hydrogens is 344 g/mol. The van der Waals surface area contributed by atoms with E-state index in [1.165, 1.54) is 6.92 Å². The summed E-state index contributed by atoms with van der Waals surface area (Å²) in [7, 11) is 0. The maximum Gasteiger partial charge on any atom is 0.308 e. The Labute approximate surface area is 159 Å².